The minimum atomic E-state index is -0.108. The van der Waals surface area contributed by atoms with E-state index in [0.717, 1.165) is 5.69 Å². The second kappa shape index (κ2) is 5.48. The van der Waals surface area contributed by atoms with Gasteiger partial charge >= 0.3 is 0 Å². The SMILES string of the molecule is NCC1CC(=O)N(c2cc(CO)cc(CO)c2)C1. The number of benzene rings is 1. The average molecular weight is 250 g/mol. The van der Waals surface area contributed by atoms with Crippen LogP contribution in [0.5, 0.6) is 0 Å². The summed E-state index contributed by atoms with van der Waals surface area (Å²) in [7, 11) is 0. The summed E-state index contributed by atoms with van der Waals surface area (Å²) in [4.78, 5) is 13.6. The topological polar surface area (TPSA) is 86.8 Å². The average Bonchev–Trinajstić information content (AvgIpc) is 2.79. The summed E-state index contributed by atoms with van der Waals surface area (Å²) in [6.07, 6.45) is 0.467. The van der Waals surface area contributed by atoms with E-state index < -0.39 is 0 Å². The lowest BCUT2D eigenvalue weighted by Gasteiger charge is -2.18. The maximum Gasteiger partial charge on any atom is 0.227 e. The van der Waals surface area contributed by atoms with E-state index in [1.54, 1.807) is 23.1 Å². The van der Waals surface area contributed by atoms with E-state index >= 15 is 0 Å². The molecule has 18 heavy (non-hydrogen) atoms. The second-order valence-corrected chi connectivity index (χ2v) is 4.63. The number of aliphatic hydroxyl groups excluding tert-OH is 2. The van der Waals surface area contributed by atoms with Crippen molar-refractivity contribution in [1.29, 1.82) is 0 Å². The van der Waals surface area contributed by atoms with Crippen LogP contribution in [0.15, 0.2) is 18.2 Å². The molecule has 1 fully saturated rings. The molecule has 1 heterocycles. The summed E-state index contributed by atoms with van der Waals surface area (Å²) >= 11 is 0. The van der Waals surface area contributed by atoms with Crippen LogP contribution in [0.3, 0.4) is 0 Å². The van der Waals surface area contributed by atoms with Crippen LogP contribution in [0.25, 0.3) is 0 Å². The van der Waals surface area contributed by atoms with Crippen LogP contribution in [0.1, 0.15) is 17.5 Å². The fraction of sp³-hybridized carbons (Fsp3) is 0.462. The molecule has 1 aromatic rings. The molecular weight excluding hydrogens is 232 g/mol. The Balaban J connectivity index is 2.30. The first kappa shape index (κ1) is 13.0. The molecule has 0 saturated carbocycles. The minimum Gasteiger partial charge on any atom is -0.392 e. The Kier molecular flexibility index (Phi) is 3.96. The summed E-state index contributed by atoms with van der Waals surface area (Å²) in [6, 6.07) is 5.27. The number of carbonyl (C=O) groups is 1. The molecule has 1 atom stereocenters. The van der Waals surface area contributed by atoms with Crippen LogP contribution < -0.4 is 10.6 Å². The summed E-state index contributed by atoms with van der Waals surface area (Å²) in [5.41, 5.74) is 7.71. The molecule has 5 heteroatoms. The van der Waals surface area contributed by atoms with Crippen LogP contribution in [-0.4, -0.2) is 29.2 Å². The van der Waals surface area contributed by atoms with Crippen molar-refractivity contribution in [3.63, 3.8) is 0 Å². The van der Waals surface area contributed by atoms with Gasteiger partial charge in [0.15, 0.2) is 0 Å². The van der Waals surface area contributed by atoms with Gasteiger partial charge in [0.05, 0.1) is 13.2 Å². The fourth-order valence-electron chi connectivity index (χ4n) is 2.27. The van der Waals surface area contributed by atoms with Crippen LogP contribution in [0, 0.1) is 5.92 Å². The molecule has 0 bridgehead atoms. The van der Waals surface area contributed by atoms with Gasteiger partial charge < -0.3 is 20.8 Å². The summed E-state index contributed by atoms with van der Waals surface area (Å²) in [6.45, 7) is 0.885. The third-order valence-electron chi connectivity index (χ3n) is 3.25. The molecular formula is C13H18N2O3. The van der Waals surface area contributed by atoms with E-state index in [1.807, 2.05) is 0 Å². The number of nitrogens with two attached hydrogens (primary N) is 1. The van der Waals surface area contributed by atoms with Gasteiger partial charge in [0.2, 0.25) is 5.91 Å². The number of carbonyl (C=O) groups excluding carboxylic acids is 1. The van der Waals surface area contributed by atoms with Gasteiger partial charge in [-0.05, 0) is 35.7 Å². The zero-order valence-corrected chi connectivity index (χ0v) is 10.2. The molecule has 5 nitrogen and oxygen atoms in total. The van der Waals surface area contributed by atoms with Gasteiger partial charge in [-0.2, -0.15) is 0 Å². The van der Waals surface area contributed by atoms with Crippen molar-refractivity contribution in [3.05, 3.63) is 29.3 Å². The normalized spacial score (nSPS) is 19.6. The molecule has 0 radical (unpaired) electrons. The second-order valence-electron chi connectivity index (χ2n) is 4.63. The van der Waals surface area contributed by atoms with Crippen molar-refractivity contribution in [2.45, 2.75) is 19.6 Å². The molecule has 1 amide bonds. The molecule has 1 aromatic carbocycles. The standard InChI is InChI=1S/C13H18N2O3/c14-5-11-4-13(18)15(6-11)12-2-9(7-16)1-10(3-12)8-17/h1-3,11,16-17H,4-8,14H2. The Morgan fingerprint density at radius 3 is 2.28 bits per heavy atom. The first-order chi connectivity index (χ1) is 8.67. The smallest absolute Gasteiger partial charge is 0.227 e. The molecule has 0 spiro atoms. The monoisotopic (exact) mass is 250 g/mol. The highest BCUT2D eigenvalue weighted by Crippen LogP contribution is 2.26. The number of hydrogen-bond acceptors (Lipinski definition) is 4. The minimum absolute atomic E-state index is 0.0458. The maximum absolute atomic E-state index is 11.9. The van der Waals surface area contributed by atoms with Crippen LogP contribution >= 0.6 is 0 Å². The first-order valence-electron chi connectivity index (χ1n) is 6.03. The van der Waals surface area contributed by atoms with Crippen LogP contribution in [-0.2, 0) is 18.0 Å². The molecule has 2 rings (SSSR count). The lowest BCUT2D eigenvalue weighted by molar-refractivity contribution is -0.117. The lowest BCUT2D eigenvalue weighted by Crippen LogP contribution is -2.26. The zero-order chi connectivity index (χ0) is 13.1. The Hall–Kier alpha value is -1.43. The number of nitrogens with zero attached hydrogens (tertiary/aromatic N) is 1. The van der Waals surface area contributed by atoms with Crippen molar-refractivity contribution in [2.75, 3.05) is 18.0 Å². The van der Waals surface area contributed by atoms with Crippen molar-refractivity contribution >= 4 is 11.6 Å². The van der Waals surface area contributed by atoms with E-state index in [4.69, 9.17) is 5.73 Å². The molecule has 0 aliphatic carbocycles. The lowest BCUT2D eigenvalue weighted by atomic mass is 10.1. The summed E-state index contributed by atoms with van der Waals surface area (Å²) in [5.74, 6) is 0.234. The van der Waals surface area contributed by atoms with Crippen LogP contribution in [0.2, 0.25) is 0 Å². The molecule has 1 aliphatic rings. The number of rotatable bonds is 4. The number of amides is 1. The highest BCUT2D eigenvalue weighted by molar-refractivity contribution is 5.95. The van der Waals surface area contributed by atoms with Gasteiger partial charge in [-0.25, -0.2) is 0 Å². The third kappa shape index (κ3) is 2.53. The Morgan fingerprint density at radius 1 is 1.22 bits per heavy atom. The maximum atomic E-state index is 11.9. The number of anilines is 1. The summed E-state index contributed by atoms with van der Waals surface area (Å²) < 4.78 is 0. The van der Waals surface area contributed by atoms with Crippen molar-refractivity contribution in [3.8, 4) is 0 Å². The molecule has 1 unspecified atom stereocenters. The molecule has 0 aromatic heterocycles. The molecule has 4 N–H and O–H groups in total. The van der Waals surface area contributed by atoms with Gasteiger partial charge in [0.1, 0.15) is 0 Å². The Morgan fingerprint density at radius 2 is 1.83 bits per heavy atom. The number of aliphatic hydroxyl groups is 2. The van der Waals surface area contributed by atoms with E-state index in [-0.39, 0.29) is 25.0 Å². The predicted octanol–water partition coefficient (Wildman–Crippen LogP) is -0.0172. The predicted molar refractivity (Wildman–Crippen MR) is 67.8 cm³/mol. The van der Waals surface area contributed by atoms with Crippen LogP contribution in [0.4, 0.5) is 5.69 Å². The quantitative estimate of drug-likeness (QED) is 0.701. The summed E-state index contributed by atoms with van der Waals surface area (Å²) in [5, 5.41) is 18.4. The highest BCUT2D eigenvalue weighted by atomic mass is 16.3. The molecule has 1 saturated heterocycles. The highest BCUT2D eigenvalue weighted by Gasteiger charge is 2.29. The molecule has 1 aliphatic heterocycles. The van der Waals surface area contributed by atoms with Gasteiger partial charge in [-0.1, -0.05) is 6.07 Å². The largest absolute Gasteiger partial charge is 0.392 e. The Bertz CT molecular complexity index is 426. The van der Waals surface area contributed by atoms with E-state index in [2.05, 4.69) is 0 Å². The van der Waals surface area contributed by atoms with Gasteiger partial charge in [-0.3, -0.25) is 4.79 Å². The number of hydrogen-bond donors (Lipinski definition) is 3. The van der Waals surface area contributed by atoms with Crippen molar-refractivity contribution in [2.24, 2.45) is 11.7 Å². The van der Waals surface area contributed by atoms with E-state index in [0.29, 0.717) is 30.6 Å². The third-order valence-corrected chi connectivity index (χ3v) is 3.25. The van der Waals surface area contributed by atoms with Gasteiger partial charge in [0.25, 0.3) is 0 Å². The van der Waals surface area contributed by atoms with Gasteiger partial charge in [0, 0.05) is 18.7 Å². The van der Waals surface area contributed by atoms with E-state index in [1.165, 1.54) is 0 Å². The Labute approximate surface area is 106 Å². The van der Waals surface area contributed by atoms with E-state index in [9.17, 15) is 15.0 Å². The van der Waals surface area contributed by atoms with Gasteiger partial charge in [-0.15, -0.1) is 0 Å². The van der Waals surface area contributed by atoms with Crippen molar-refractivity contribution < 1.29 is 15.0 Å². The van der Waals surface area contributed by atoms with Crippen molar-refractivity contribution in [1.82, 2.24) is 0 Å². The zero-order valence-electron chi connectivity index (χ0n) is 10.2. The molecule has 98 valence electrons. The first-order valence-corrected chi connectivity index (χ1v) is 6.03. The fourth-order valence-corrected chi connectivity index (χ4v) is 2.27.